The number of aromatic nitrogens is 1. The molecule has 0 saturated carbocycles. The predicted octanol–water partition coefficient (Wildman–Crippen LogP) is 4.19. The molecule has 5 nitrogen and oxygen atoms in total. The van der Waals surface area contributed by atoms with Crippen molar-refractivity contribution in [3.05, 3.63) is 65.3 Å². The Hall–Kier alpha value is -2.93. The van der Waals surface area contributed by atoms with Gasteiger partial charge in [-0.3, -0.25) is 9.78 Å². The number of amides is 1. The number of halogens is 3. The molecule has 8 heteroatoms. The molecule has 3 aromatic rings. The topological polar surface area (TPSA) is 54.5 Å². The first kappa shape index (κ1) is 20.3. The molecular weight excluding hydrogens is 412 g/mol. The van der Waals surface area contributed by atoms with E-state index >= 15 is 0 Å². The highest BCUT2D eigenvalue weighted by atomic mass is 35.5. The van der Waals surface area contributed by atoms with Crippen LogP contribution in [0.3, 0.4) is 0 Å². The molecule has 1 saturated heterocycles. The van der Waals surface area contributed by atoms with E-state index in [4.69, 9.17) is 16.3 Å². The van der Waals surface area contributed by atoms with Gasteiger partial charge in [0.25, 0.3) is 5.91 Å². The molecule has 1 aromatic heterocycles. The second-order valence-electron chi connectivity index (χ2n) is 7.24. The average Bonchev–Trinajstić information content (AvgIpc) is 3.23. The van der Waals surface area contributed by atoms with Crippen molar-refractivity contribution in [1.29, 1.82) is 0 Å². The van der Waals surface area contributed by atoms with Gasteiger partial charge in [0.05, 0.1) is 5.02 Å². The average molecular weight is 432 g/mol. The number of carbonyl (C=O) groups excluding carboxylic acids is 1. The Morgan fingerprint density at radius 1 is 1.23 bits per heavy atom. The fraction of sp³-hybridized carbons (Fsp3) is 0.273. The third kappa shape index (κ3) is 4.46. The number of rotatable bonds is 6. The van der Waals surface area contributed by atoms with E-state index in [1.54, 1.807) is 30.5 Å². The van der Waals surface area contributed by atoms with Gasteiger partial charge < -0.3 is 15.0 Å². The van der Waals surface area contributed by atoms with E-state index in [1.807, 2.05) is 11.0 Å². The molecule has 2 heterocycles. The largest absolute Gasteiger partial charge is 0.481 e. The highest BCUT2D eigenvalue weighted by Gasteiger charge is 2.24. The van der Waals surface area contributed by atoms with Crippen LogP contribution in [0.15, 0.2) is 48.7 Å². The fourth-order valence-corrected chi connectivity index (χ4v) is 3.81. The van der Waals surface area contributed by atoms with Crippen LogP contribution in [0.5, 0.6) is 5.75 Å². The maximum atomic E-state index is 13.4. The molecule has 1 atom stereocenters. The van der Waals surface area contributed by atoms with Crippen molar-refractivity contribution in [1.82, 2.24) is 10.3 Å². The van der Waals surface area contributed by atoms with Gasteiger partial charge >= 0.3 is 0 Å². The Labute approximate surface area is 177 Å². The van der Waals surface area contributed by atoms with Crippen molar-refractivity contribution in [3.8, 4) is 5.75 Å². The standard InChI is InChI=1S/C22H20ClF2N3O2/c23-17-4-6-20(22-16(17)2-1-8-26-22)30-13-21(29)27-11-14-7-9-28(12-14)15-3-5-18(24)19(25)10-15/h1-6,8,10,14H,7,9,11-13H2,(H,27,29). The molecule has 30 heavy (non-hydrogen) atoms. The Morgan fingerprint density at radius 3 is 2.93 bits per heavy atom. The number of pyridine rings is 1. The van der Waals surface area contributed by atoms with E-state index in [1.165, 1.54) is 6.07 Å². The van der Waals surface area contributed by atoms with Gasteiger partial charge in [-0.05, 0) is 48.7 Å². The summed E-state index contributed by atoms with van der Waals surface area (Å²) < 4.78 is 32.2. The van der Waals surface area contributed by atoms with E-state index in [2.05, 4.69) is 10.3 Å². The molecule has 0 radical (unpaired) electrons. The summed E-state index contributed by atoms with van der Waals surface area (Å²) in [7, 11) is 0. The van der Waals surface area contributed by atoms with Crippen LogP contribution in [0.2, 0.25) is 5.02 Å². The zero-order chi connectivity index (χ0) is 21.1. The maximum Gasteiger partial charge on any atom is 0.257 e. The molecule has 156 valence electrons. The molecule has 1 N–H and O–H groups in total. The van der Waals surface area contributed by atoms with Crippen LogP contribution >= 0.6 is 11.6 Å². The highest BCUT2D eigenvalue weighted by Crippen LogP contribution is 2.29. The monoisotopic (exact) mass is 431 g/mol. The lowest BCUT2D eigenvalue weighted by Crippen LogP contribution is -2.34. The summed E-state index contributed by atoms with van der Waals surface area (Å²) in [5.74, 6) is -1.23. The summed E-state index contributed by atoms with van der Waals surface area (Å²) in [5.41, 5.74) is 1.25. The Morgan fingerprint density at radius 2 is 2.10 bits per heavy atom. The molecule has 0 aliphatic carbocycles. The first-order valence-electron chi connectivity index (χ1n) is 9.64. The summed E-state index contributed by atoms with van der Waals surface area (Å²) in [6, 6.07) is 10.9. The Kier molecular flexibility index (Phi) is 5.99. The van der Waals surface area contributed by atoms with Gasteiger partial charge in [0.15, 0.2) is 18.2 Å². The zero-order valence-electron chi connectivity index (χ0n) is 16.1. The van der Waals surface area contributed by atoms with E-state index in [0.717, 1.165) is 24.4 Å². The summed E-state index contributed by atoms with van der Waals surface area (Å²) in [6.45, 7) is 1.75. The maximum absolute atomic E-state index is 13.4. The summed E-state index contributed by atoms with van der Waals surface area (Å²) in [6.07, 6.45) is 2.50. The van der Waals surface area contributed by atoms with Crippen LogP contribution in [0.25, 0.3) is 10.9 Å². The van der Waals surface area contributed by atoms with Crippen molar-refractivity contribution >= 4 is 34.1 Å². The summed E-state index contributed by atoms with van der Waals surface area (Å²) >= 11 is 6.17. The molecule has 0 spiro atoms. The van der Waals surface area contributed by atoms with Crippen molar-refractivity contribution in [2.75, 3.05) is 31.1 Å². The molecule has 1 fully saturated rings. The SMILES string of the molecule is O=C(COc1ccc(Cl)c2cccnc12)NCC1CCN(c2ccc(F)c(F)c2)C1. The molecule has 1 amide bonds. The third-order valence-corrected chi connectivity index (χ3v) is 5.51. The molecule has 1 aliphatic rings. The van der Waals surface area contributed by atoms with Crippen molar-refractivity contribution in [3.63, 3.8) is 0 Å². The fourth-order valence-electron chi connectivity index (χ4n) is 3.60. The lowest BCUT2D eigenvalue weighted by molar-refractivity contribution is -0.123. The van der Waals surface area contributed by atoms with Crippen LogP contribution in [-0.2, 0) is 4.79 Å². The Balaban J connectivity index is 1.28. The predicted molar refractivity (Wildman–Crippen MR) is 112 cm³/mol. The van der Waals surface area contributed by atoms with E-state index in [0.29, 0.717) is 35.1 Å². The minimum absolute atomic E-state index is 0.132. The number of anilines is 1. The third-order valence-electron chi connectivity index (χ3n) is 5.18. The number of carbonyl (C=O) groups is 1. The van der Waals surface area contributed by atoms with Gasteiger partial charge in [-0.1, -0.05) is 11.6 Å². The van der Waals surface area contributed by atoms with E-state index in [9.17, 15) is 13.6 Å². The van der Waals surface area contributed by atoms with Crippen LogP contribution in [0.4, 0.5) is 14.5 Å². The second-order valence-corrected chi connectivity index (χ2v) is 7.64. The number of hydrogen-bond acceptors (Lipinski definition) is 4. The van der Waals surface area contributed by atoms with Gasteiger partial charge in [0.2, 0.25) is 0 Å². The van der Waals surface area contributed by atoms with E-state index < -0.39 is 11.6 Å². The van der Waals surface area contributed by atoms with Gasteiger partial charge in [0, 0.05) is 43.0 Å². The zero-order valence-corrected chi connectivity index (χ0v) is 16.8. The van der Waals surface area contributed by atoms with Gasteiger partial charge in [-0.25, -0.2) is 8.78 Å². The van der Waals surface area contributed by atoms with Crippen LogP contribution in [0.1, 0.15) is 6.42 Å². The van der Waals surface area contributed by atoms with Crippen molar-refractivity contribution in [2.45, 2.75) is 6.42 Å². The number of hydrogen-bond donors (Lipinski definition) is 1. The second kappa shape index (κ2) is 8.83. The number of nitrogens with zero attached hydrogens (tertiary/aromatic N) is 2. The van der Waals surface area contributed by atoms with Crippen molar-refractivity contribution < 1.29 is 18.3 Å². The number of benzene rings is 2. The molecule has 2 aromatic carbocycles. The minimum atomic E-state index is -0.856. The Bertz CT molecular complexity index is 1080. The normalized spacial score (nSPS) is 16.1. The van der Waals surface area contributed by atoms with Crippen LogP contribution in [0, 0.1) is 17.6 Å². The quantitative estimate of drug-likeness (QED) is 0.636. The first-order valence-corrected chi connectivity index (χ1v) is 10.0. The van der Waals surface area contributed by atoms with Crippen molar-refractivity contribution in [2.24, 2.45) is 5.92 Å². The van der Waals surface area contributed by atoms with Crippen LogP contribution in [-0.4, -0.2) is 37.1 Å². The smallest absolute Gasteiger partial charge is 0.257 e. The summed E-state index contributed by atoms with van der Waals surface area (Å²) in [4.78, 5) is 18.5. The molecule has 1 aliphatic heterocycles. The van der Waals surface area contributed by atoms with Gasteiger partial charge in [-0.2, -0.15) is 0 Å². The lowest BCUT2D eigenvalue weighted by Gasteiger charge is -2.19. The highest BCUT2D eigenvalue weighted by molar-refractivity contribution is 6.35. The number of fused-ring (bicyclic) bond motifs is 1. The lowest BCUT2D eigenvalue weighted by atomic mass is 10.1. The van der Waals surface area contributed by atoms with Gasteiger partial charge in [-0.15, -0.1) is 0 Å². The molecule has 1 unspecified atom stereocenters. The molecule has 4 rings (SSSR count). The van der Waals surface area contributed by atoms with E-state index in [-0.39, 0.29) is 18.4 Å². The molecular formula is C22H20ClF2N3O2. The number of nitrogens with one attached hydrogen (secondary N) is 1. The number of ether oxygens (including phenoxy) is 1. The summed E-state index contributed by atoms with van der Waals surface area (Å²) in [5, 5.41) is 4.21. The van der Waals surface area contributed by atoms with Crippen LogP contribution < -0.4 is 15.0 Å². The minimum Gasteiger partial charge on any atom is -0.481 e. The first-order chi connectivity index (χ1) is 14.5. The molecule has 0 bridgehead atoms. The van der Waals surface area contributed by atoms with Gasteiger partial charge in [0.1, 0.15) is 11.3 Å².